The number of carbonyl (C=O) groups is 1. The SMILES string of the molecule is Cc1ccc(-c2ccc(=O)n(CC(=O)Nc3ncccc3C)n2)cc1. The number of nitrogens with zero attached hydrogens (tertiary/aromatic N) is 3. The summed E-state index contributed by atoms with van der Waals surface area (Å²) in [6.07, 6.45) is 1.60. The lowest BCUT2D eigenvalue weighted by atomic mass is 10.1. The summed E-state index contributed by atoms with van der Waals surface area (Å²) in [6.45, 7) is 3.68. The van der Waals surface area contributed by atoms with Crippen LogP contribution in [0, 0.1) is 13.8 Å². The van der Waals surface area contributed by atoms with Crippen LogP contribution in [0.15, 0.2) is 59.5 Å². The quantitative estimate of drug-likeness (QED) is 0.795. The van der Waals surface area contributed by atoms with Gasteiger partial charge in [0.2, 0.25) is 5.91 Å². The van der Waals surface area contributed by atoms with Crippen LogP contribution in [-0.2, 0) is 11.3 Å². The van der Waals surface area contributed by atoms with Gasteiger partial charge in [-0.2, -0.15) is 5.10 Å². The molecule has 0 spiro atoms. The van der Waals surface area contributed by atoms with Crippen molar-refractivity contribution in [2.45, 2.75) is 20.4 Å². The number of carbonyl (C=O) groups excluding carboxylic acids is 1. The van der Waals surface area contributed by atoms with Gasteiger partial charge in [0.15, 0.2) is 0 Å². The van der Waals surface area contributed by atoms with Gasteiger partial charge in [0.25, 0.3) is 5.56 Å². The minimum atomic E-state index is -0.350. The molecule has 0 saturated carbocycles. The van der Waals surface area contributed by atoms with Crippen LogP contribution in [0.2, 0.25) is 0 Å². The number of nitrogens with one attached hydrogen (secondary N) is 1. The second-order valence-electron chi connectivity index (χ2n) is 5.80. The summed E-state index contributed by atoms with van der Waals surface area (Å²) in [5, 5.41) is 7.00. The lowest BCUT2D eigenvalue weighted by Gasteiger charge is -2.09. The number of benzene rings is 1. The molecule has 6 nitrogen and oxygen atoms in total. The van der Waals surface area contributed by atoms with E-state index < -0.39 is 0 Å². The molecule has 0 fully saturated rings. The molecular formula is C19H18N4O2. The van der Waals surface area contributed by atoms with Crippen LogP contribution in [0.1, 0.15) is 11.1 Å². The van der Waals surface area contributed by atoms with Crippen LogP contribution in [0.4, 0.5) is 5.82 Å². The van der Waals surface area contributed by atoms with E-state index in [0.29, 0.717) is 11.5 Å². The molecule has 25 heavy (non-hydrogen) atoms. The number of hydrogen-bond acceptors (Lipinski definition) is 4. The highest BCUT2D eigenvalue weighted by Gasteiger charge is 2.10. The number of rotatable bonds is 4. The lowest BCUT2D eigenvalue weighted by molar-refractivity contribution is -0.117. The van der Waals surface area contributed by atoms with Gasteiger partial charge in [-0.15, -0.1) is 0 Å². The first-order chi connectivity index (χ1) is 12.0. The van der Waals surface area contributed by atoms with Crippen LogP contribution >= 0.6 is 0 Å². The summed E-state index contributed by atoms with van der Waals surface area (Å²) in [6, 6.07) is 14.5. The van der Waals surface area contributed by atoms with E-state index in [-0.39, 0.29) is 18.0 Å². The van der Waals surface area contributed by atoms with E-state index in [1.165, 1.54) is 6.07 Å². The third-order valence-electron chi connectivity index (χ3n) is 3.77. The molecule has 2 heterocycles. The van der Waals surface area contributed by atoms with Gasteiger partial charge in [-0.05, 0) is 31.5 Å². The second kappa shape index (κ2) is 7.09. The fourth-order valence-corrected chi connectivity index (χ4v) is 2.36. The van der Waals surface area contributed by atoms with E-state index in [4.69, 9.17) is 0 Å². The van der Waals surface area contributed by atoms with E-state index in [1.54, 1.807) is 18.3 Å². The maximum absolute atomic E-state index is 12.2. The maximum Gasteiger partial charge on any atom is 0.267 e. The fraction of sp³-hybridized carbons (Fsp3) is 0.158. The van der Waals surface area contributed by atoms with Crippen LogP contribution in [-0.4, -0.2) is 20.7 Å². The van der Waals surface area contributed by atoms with Gasteiger partial charge in [-0.1, -0.05) is 35.9 Å². The molecule has 3 aromatic rings. The van der Waals surface area contributed by atoms with E-state index in [0.717, 1.165) is 21.4 Å². The van der Waals surface area contributed by atoms with Crippen molar-refractivity contribution in [3.63, 3.8) is 0 Å². The van der Waals surface area contributed by atoms with Crippen molar-refractivity contribution in [1.29, 1.82) is 0 Å². The normalized spacial score (nSPS) is 10.5. The molecule has 3 rings (SSSR count). The molecule has 1 amide bonds. The second-order valence-corrected chi connectivity index (χ2v) is 5.80. The van der Waals surface area contributed by atoms with Crippen molar-refractivity contribution in [3.05, 3.63) is 76.2 Å². The Morgan fingerprint density at radius 1 is 1.08 bits per heavy atom. The highest BCUT2D eigenvalue weighted by molar-refractivity contribution is 5.90. The van der Waals surface area contributed by atoms with E-state index in [9.17, 15) is 9.59 Å². The number of amides is 1. The van der Waals surface area contributed by atoms with Gasteiger partial charge in [-0.3, -0.25) is 9.59 Å². The molecule has 0 atom stereocenters. The summed E-state index contributed by atoms with van der Waals surface area (Å²) < 4.78 is 1.16. The van der Waals surface area contributed by atoms with Gasteiger partial charge in [0.1, 0.15) is 12.4 Å². The van der Waals surface area contributed by atoms with Crippen molar-refractivity contribution >= 4 is 11.7 Å². The topological polar surface area (TPSA) is 76.9 Å². The zero-order valence-corrected chi connectivity index (χ0v) is 14.1. The number of anilines is 1. The Hall–Kier alpha value is -3.28. The molecule has 0 saturated heterocycles. The molecule has 0 aliphatic heterocycles. The average Bonchev–Trinajstić information content (AvgIpc) is 2.60. The van der Waals surface area contributed by atoms with E-state index >= 15 is 0 Å². The lowest BCUT2D eigenvalue weighted by Crippen LogP contribution is -2.29. The molecule has 0 aliphatic carbocycles. The van der Waals surface area contributed by atoms with Crippen molar-refractivity contribution in [1.82, 2.24) is 14.8 Å². The Balaban J connectivity index is 1.81. The highest BCUT2D eigenvalue weighted by atomic mass is 16.2. The average molecular weight is 334 g/mol. The maximum atomic E-state index is 12.2. The standard InChI is InChI=1S/C19H18N4O2/c1-13-5-7-15(8-6-13)16-9-10-18(25)23(22-16)12-17(24)21-19-14(2)4-3-11-20-19/h3-11H,12H2,1-2H3,(H,20,21,24). The van der Waals surface area contributed by atoms with Crippen LogP contribution in [0.25, 0.3) is 11.3 Å². The summed E-state index contributed by atoms with van der Waals surface area (Å²) in [7, 11) is 0. The summed E-state index contributed by atoms with van der Waals surface area (Å²) in [5.41, 5.74) is 3.19. The van der Waals surface area contributed by atoms with Crippen molar-refractivity contribution < 1.29 is 4.79 Å². The minimum Gasteiger partial charge on any atom is -0.309 e. The van der Waals surface area contributed by atoms with Gasteiger partial charge in [0.05, 0.1) is 5.69 Å². The summed E-state index contributed by atoms with van der Waals surface area (Å²) in [5.74, 6) is 0.132. The molecule has 126 valence electrons. The first-order valence-corrected chi connectivity index (χ1v) is 7.89. The number of pyridine rings is 1. The third kappa shape index (κ3) is 3.98. The van der Waals surface area contributed by atoms with Gasteiger partial charge >= 0.3 is 0 Å². The minimum absolute atomic E-state index is 0.172. The molecule has 2 aromatic heterocycles. The van der Waals surface area contributed by atoms with Gasteiger partial charge in [-0.25, -0.2) is 9.67 Å². The Morgan fingerprint density at radius 3 is 2.56 bits per heavy atom. The molecule has 1 aromatic carbocycles. The zero-order chi connectivity index (χ0) is 17.8. The molecule has 6 heteroatoms. The molecule has 0 radical (unpaired) electrons. The highest BCUT2D eigenvalue weighted by Crippen LogP contribution is 2.16. The Morgan fingerprint density at radius 2 is 1.84 bits per heavy atom. The van der Waals surface area contributed by atoms with Crippen LogP contribution < -0.4 is 10.9 Å². The van der Waals surface area contributed by atoms with Gasteiger partial charge in [0, 0.05) is 17.8 Å². The third-order valence-corrected chi connectivity index (χ3v) is 3.77. The summed E-state index contributed by atoms with van der Waals surface area (Å²) >= 11 is 0. The zero-order valence-electron chi connectivity index (χ0n) is 14.1. The smallest absolute Gasteiger partial charge is 0.267 e. The molecular weight excluding hydrogens is 316 g/mol. The molecule has 0 unspecified atom stereocenters. The monoisotopic (exact) mass is 334 g/mol. The first-order valence-electron chi connectivity index (χ1n) is 7.89. The number of aromatic nitrogens is 3. The van der Waals surface area contributed by atoms with Crippen molar-refractivity contribution in [2.24, 2.45) is 0 Å². The van der Waals surface area contributed by atoms with Gasteiger partial charge < -0.3 is 5.32 Å². The van der Waals surface area contributed by atoms with E-state index in [1.807, 2.05) is 44.2 Å². The van der Waals surface area contributed by atoms with Crippen molar-refractivity contribution in [3.8, 4) is 11.3 Å². The number of aryl methyl sites for hydroxylation is 2. The van der Waals surface area contributed by atoms with Crippen LogP contribution in [0.5, 0.6) is 0 Å². The van der Waals surface area contributed by atoms with E-state index in [2.05, 4.69) is 15.4 Å². The Kier molecular flexibility index (Phi) is 4.70. The van der Waals surface area contributed by atoms with Crippen molar-refractivity contribution in [2.75, 3.05) is 5.32 Å². The molecule has 0 aliphatic rings. The summed E-state index contributed by atoms with van der Waals surface area (Å²) in [4.78, 5) is 28.4. The number of hydrogen-bond donors (Lipinski definition) is 1. The predicted molar refractivity (Wildman–Crippen MR) is 96.3 cm³/mol. The predicted octanol–water partition coefficient (Wildman–Crippen LogP) is 2.56. The first kappa shape index (κ1) is 16.6. The molecule has 0 bridgehead atoms. The fourth-order valence-electron chi connectivity index (χ4n) is 2.36. The Labute approximate surface area is 145 Å². The largest absolute Gasteiger partial charge is 0.309 e. The molecule has 1 N–H and O–H groups in total. The Bertz CT molecular complexity index is 962. The van der Waals surface area contributed by atoms with Crippen LogP contribution in [0.3, 0.4) is 0 Å².